The Kier molecular flexibility index (Phi) is 3.35. The average Bonchev–Trinajstić information content (AvgIpc) is 1.63. The van der Waals surface area contributed by atoms with Gasteiger partial charge in [0.25, 0.3) is 0 Å². The molecule has 0 bridgehead atoms. The van der Waals surface area contributed by atoms with Crippen molar-refractivity contribution in [2.24, 2.45) is 10.7 Å². The van der Waals surface area contributed by atoms with Gasteiger partial charge < -0.3 is 5.73 Å². The van der Waals surface area contributed by atoms with Crippen LogP contribution in [0.1, 0.15) is 13.8 Å². The fourth-order valence-electron chi connectivity index (χ4n) is 0.385. The Hall–Kier alpha value is -1.12. The SMILES string of the molecule is C/C=C/C(=N)N=C(C)N. The highest BCUT2D eigenvalue weighted by Crippen LogP contribution is 1.78. The lowest BCUT2D eigenvalue weighted by Gasteiger charge is -1.87. The van der Waals surface area contributed by atoms with Crippen LogP contribution < -0.4 is 5.73 Å². The summed E-state index contributed by atoms with van der Waals surface area (Å²) in [5.74, 6) is 0.607. The number of amidine groups is 2. The first-order chi connectivity index (χ1) is 4.16. The smallest absolute Gasteiger partial charge is 0.146 e. The molecule has 0 rings (SSSR count). The second-order valence-electron chi connectivity index (χ2n) is 1.64. The van der Waals surface area contributed by atoms with E-state index in [0.29, 0.717) is 5.84 Å². The molecule has 0 fully saturated rings. The molecule has 0 aliphatic rings. The van der Waals surface area contributed by atoms with E-state index in [0.717, 1.165) is 0 Å². The Morgan fingerprint density at radius 2 is 2.22 bits per heavy atom. The Labute approximate surface area is 54.8 Å². The van der Waals surface area contributed by atoms with E-state index in [1.807, 2.05) is 6.92 Å². The first-order valence-electron chi connectivity index (χ1n) is 2.69. The largest absolute Gasteiger partial charge is 0.387 e. The summed E-state index contributed by atoms with van der Waals surface area (Å²) >= 11 is 0. The van der Waals surface area contributed by atoms with Crippen LogP contribution in [-0.4, -0.2) is 11.7 Å². The van der Waals surface area contributed by atoms with Crippen LogP contribution in [0.15, 0.2) is 17.1 Å². The fraction of sp³-hybridized carbons (Fsp3) is 0.333. The first kappa shape index (κ1) is 7.88. The summed E-state index contributed by atoms with van der Waals surface area (Å²) < 4.78 is 0. The molecule has 50 valence electrons. The lowest BCUT2D eigenvalue weighted by molar-refractivity contribution is 1.42. The lowest BCUT2D eigenvalue weighted by Crippen LogP contribution is -2.07. The third-order valence-corrected chi connectivity index (χ3v) is 0.621. The van der Waals surface area contributed by atoms with Gasteiger partial charge in [-0.2, -0.15) is 0 Å². The minimum atomic E-state index is 0.192. The van der Waals surface area contributed by atoms with Crippen LogP contribution in [-0.2, 0) is 0 Å². The second kappa shape index (κ2) is 3.83. The number of nitrogens with zero attached hydrogens (tertiary/aromatic N) is 1. The molecule has 0 saturated heterocycles. The third-order valence-electron chi connectivity index (χ3n) is 0.621. The summed E-state index contributed by atoms with van der Waals surface area (Å²) in [6.07, 6.45) is 3.32. The maximum Gasteiger partial charge on any atom is 0.146 e. The predicted molar refractivity (Wildman–Crippen MR) is 39.8 cm³/mol. The highest BCUT2D eigenvalue weighted by Gasteiger charge is 1.82. The van der Waals surface area contributed by atoms with Gasteiger partial charge in [0.1, 0.15) is 5.84 Å². The van der Waals surface area contributed by atoms with Gasteiger partial charge in [-0.25, -0.2) is 4.99 Å². The third kappa shape index (κ3) is 4.74. The van der Waals surface area contributed by atoms with E-state index in [2.05, 4.69) is 4.99 Å². The average molecular weight is 125 g/mol. The van der Waals surface area contributed by atoms with E-state index in [9.17, 15) is 0 Å². The highest BCUT2D eigenvalue weighted by molar-refractivity contribution is 5.99. The van der Waals surface area contributed by atoms with Crippen molar-refractivity contribution in [3.8, 4) is 0 Å². The van der Waals surface area contributed by atoms with Crippen LogP contribution in [0, 0.1) is 5.41 Å². The van der Waals surface area contributed by atoms with Crippen molar-refractivity contribution in [1.29, 1.82) is 5.41 Å². The summed E-state index contributed by atoms with van der Waals surface area (Å²) in [4.78, 5) is 3.66. The van der Waals surface area contributed by atoms with E-state index in [1.165, 1.54) is 0 Å². The van der Waals surface area contributed by atoms with Crippen molar-refractivity contribution in [3.05, 3.63) is 12.2 Å². The number of aliphatic imine (C=N–C) groups is 1. The Bertz CT molecular complexity index is 152. The lowest BCUT2D eigenvalue weighted by atomic mass is 10.5. The number of allylic oxidation sites excluding steroid dienone is 1. The van der Waals surface area contributed by atoms with Crippen LogP contribution in [0.5, 0.6) is 0 Å². The van der Waals surface area contributed by atoms with E-state index in [-0.39, 0.29) is 5.84 Å². The van der Waals surface area contributed by atoms with Gasteiger partial charge in [-0.3, -0.25) is 5.41 Å². The first-order valence-corrected chi connectivity index (χ1v) is 2.69. The number of hydrogen-bond acceptors (Lipinski definition) is 1. The summed E-state index contributed by atoms with van der Waals surface area (Å²) in [7, 11) is 0. The number of rotatable bonds is 1. The molecule has 0 aliphatic carbocycles. The standard InChI is InChI=1S/C6H11N3/c1-3-4-6(8)9-5(2)7/h3-4H,1-2H3,(H3,7,8,9)/b4-3+. The second-order valence-corrected chi connectivity index (χ2v) is 1.64. The molecule has 0 unspecified atom stereocenters. The molecule has 0 aromatic heterocycles. The topological polar surface area (TPSA) is 62.2 Å². The monoisotopic (exact) mass is 125 g/mol. The van der Waals surface area contributed by atoms with Crippen LogP contribution >= 0.6 is 0 Å². The summed E-state index contributed by atoms with van der Waals surface area (Å²) in [5, 5.41) is 7.06. The van der Waals surface area contributed by atoms with Crippen molar-refractivity contribution >= 4 is 11.7 Å². The molecule has 0 heterocycles. The summed E-state index contributed by atoms with van der Waals surface area (Å²) in [6.45, 7) is 3.48. The van der Waals surface area contributed by atoms with Gasteiger partial charge in [-0.15, -0.1) is 0 Å². The molecular formula is C6H11N3. The summed E-state index contributed by atoms with van der Waals surface area (Å²) in [6, 6.07) is 0. The van der Waals surface area contributed by atoms with Gasteiger partial charge in [-0.05, 0) is 19.9 Å². The Balaban J connectivity index is 3.93. The molecule has 3 nitrogen and oxygen atoms in total. The summed E-state index contributed by atoms with van der Waals surface area (Å²) in [5.41, 5.74) is 5.20. The van der Waals surface area contributed by atoms with Gasteiger partial charge in [0.15, 0.2) is 0 Å². The minimum absolute atomic E-state index is 0.192. The molecule has 0 aromatic rings. The van der Waals surface area contributed by atoms with Crippen molar-refractivity contribution in [2.45, 2.75) is 13.8 Å². The maximum atomic E-state index is 7.06. The van der Waals surface area contributed by atoms with Gasteiger partial charge in [0.05, 0.1) is 5.84 Å². The van der Waals surface area contributed by atoms with Crippen LogP contribution in [0.3, 0.4) is 0 Å². The molecule has 0 saturated carbocycles. The van der Waals surface area contributed by atoms with Crippen molar-refractivity contribution in [1.82, 2.24) is 0 Å². The number of nitrogens with one attached hydrogen (secondary N) is 1. The van der Waals surface area contributed by atoms with Gasteiger partial charge in [0, 0.05) is 0 Å². The Morgan fingerprint density at radius 3 is 2.56 bits per heavy atom. The fourth-order valence-corrected chi connectivity index (χ4v) is 0.385. The zero-order valence-corrected chi connectivity index (χ0v) is 5.68. The number of nitrogens with two attached hydrogens (primary N) is 1. The molecule has 0 aromatic carbocycles. The van der Waals surface area contributed by atoms with Gasteiger partial charge >= 0.3 is 0 Å². The van der Waals surface area contributed by atoms with Crippen molar-refractivity contribution in [3.63, 3.8) is 0 Å². The number of hydrogen-bond donors (Lipinski definition) is 2. The molecule has 3 N–H and O–H groups in total. The minimum Gasteiger partial charge on any atom is -0.387 e. The Morgan fingerprint density at radius 1 is 1.67 bits per heavy atom. The van der Waals surface area contributed by atoms with Crippen molar-refractivity contribution < 1.29 is 0 Å². The molecule has 0 radical (unpaired) electrons. The van der Waals surface area contributed by atoms with E-state index in [1.54, 1.807) is 19.1 Å². The van der Waals surface area contributed by atoms with Crippen LogP contribution in [0.25, 0.3) is 0 Å². The molecule has 0 spiro atoms. The molecule has 3 heteroatoms. The molecule has 0 atom stereocenters. The zero-order valence-electron chi connectivity index (χ0n) is 5.68. The molecule has 0 amide bonds. The molecular weight excluding hydrogens is 114 g/mol. The normalized spacial score (nSPS) is 12.4. The van der Waals surface area contributed by atoms with Crippen molar-refractivity contribution in [2.75, 3.05) is 0 Å². The van der Waals surface area contributed by atoms with Gasteiger partial charge in [0.2, 0.25) is 0 Å². The van der Waals surface area contributed by atoms with Gasteiger partial charge in [-0.1, -0.05) is 6.08 Å². The van der Waals surface area contributed by atoms with E-state index >= 15 is 0 Å². The molecule has 9 heavy (non-hydrogen) atoms. The quantitative estimate of drug-likeness (QED) is 0.397. The van der Waals surface area contributed by atoms with Crippen LogP contribution in [0.2, 0.25) is 0 Å². The maximum absolute atomic E-state index is 7.06. The van der Waals surface area contributed by atoms with E-state index < -0.39 is 0 Å². The van der Waals surface area contributed by atoms with E-state index in [4.69, 9.17) is 11.1 Å². The zero-order chi connectivity index (χ0) is 7.28. The van der Waals surface area contributed by atoms with Crippen LogP contribution in [0.4, 0.5) is 0 Å². The highest BCUT2D eigenvalue weighted by atomic mass is 14.9. The predicted octanol–water partition coefficient (Wildman–Crippen LogP) is 0.917. The molecule has 0 aliphatic heterocycles.